The van der Waals surface area contributed by atoms with Crippen molar-refractivity contribution in [3.8, 4) is 0 Å². The standard InChI is InChI=1S/C17H16ClN5O2S2/c18-11-1-3-13(4-2-11)27(24,25)23-12-7-15-14(8-20-21-15)16(23)10-22(9-12)17-19-5-6-26-17/h1-6,8,12,16H,7,9-10H2,(H,20,21). The average molecular weight is 422 g/mol. The first-order valence-electron chi connectivity index (χ1n) is 8.50. The van der Waals surface area contributed by atoms with Crippen LogP contribution in [0.25, 0.3) is 0 Å². The number of piperazine rings is 1. The molecule has 2 atom stereocenters. The van der Waals surface area contributed by atoms with Crippen LogP contribution in [0, 0.1) is 0 Å². The molecule has 4 heterocycles. The third-order valence-corrected chi connectivity index (χ3v) is 8.17. The van der Waals surface area contributed by atoms with E-state index in [-0.39, 0.29) is 17.0 Å². The quantitative estimate of drug-likeness (QED) is 0.703. The number of nitrogens with zero attached hydrogens (tertiary/aromatic N) is 4. The molecular formula is C17H16ClN5O2S2. The summed E-state index contributed by atoms with van der Waals surface area (Å²) in [6, 6.07) is 5.84. The lowest BCUT2D eigenvalue weighted by Gasteiger charge is -2.48. The molecule has 1 aromatic carbocycles. The Bertz CT molecular complexity index is 1070. The third-order valence-electron chi connectivity index (χ3n) is 5.11. The molecule has 2 bridgehead atoms. The first-order chi connectivity index (χ1) is 13.0. The van der Waals surface area contributed by atoms with E-state index in [2.05, 4.69) is 20.1 Å². The summed E-state index contributed by atoms with van der Waals surface area (Å²) in [6.45, 7) is 1.13. The maximum atomic E-state index is 13.5. The second kappa shape index (κ2) is 6.30. The summed E-state index contributed by atoms with van der Waals surface area (Å²) >= 11 is 7.51. The number of benzene rings is 1. The maximum absolute atomic E-state index is 13.5. The summed E-state index contributed by atoms with van der Waals surface area (Å²) in [5.41, 5.74) is 1.89. The van der Waals surface area contributed by atoms with E-state index in [0.29, 0.717) is 24.5 Å². The molecule has 27 heavy (non-hydrogen) atoms. The van der Waals surface area contributed by atoms with Crippen LogP contribution in [0.4, 0.5) is 5.13 Å². The van der Waals surface area contributed by atoms with Gasteiger partial charge in [0.1, 0.15) is 0 Å². The lowest BCUT2D eigenvalue weighted by Crippen LogP contribution is -2.59. The lowest BCUT2D eigenvalue weighted by molar-refractivity contribution is 0.197. The second-order valence-electron chi connectivity index (χ2n) is 6.67. The molecule has 0 amide bonds. The van der Waals surface area contributed by atoms with Crippen LogP contribution in [0.5, 0.6) is 0 Å². The van der Waals surface area contributed by atoms with Gasteiger partial charge in [-0.3, -0.25) is 5.10 Å². The van der Waals surface area contributed by atoms with Crippen molar-refractivity contribution in [2.45, 2.75) is 23.4 Å². The summed E-state index contributed by atoms with van der Waals surface area (Å²) < 4.78 is 28.6. The zero-order valence-electron chi connectivity index (χ0n) is 14.1. The van der Waals surface area contributed by atoms with Crippen molar-refractivity contribution in [1.29, 1.82) is 0 Å². The molecule has 5 rings (SSSR count). The minimum absolute atomic E-state index is 0.205. The van der Waals surface area contributed by atoms with Crippen molar-refractivity contribution < 1.29 is 8.42 Å². The molecule has 0 saturated carbocycles. The Hall–Kier alpha value is -1.94. The Kier molecular flexibility index (Phi) is 4.01. The van der Waals surface area contributed by atoms with Crippen molar-refractivity contribution in [3.05, 3.63) is 58.3 Å². The molecule has 0 aliphatic carbocycles. The predicted octanol–water partition coefficient (Wildman–Crippen LogP) is 2.70. The van der Waals surface area contributed by atoms with Gasteiger partial charge in [0.05, 0.1) is 16.6 Å². The third kappa shape index (κ3) is 2.77. The monoisotopic (exact) mass is 421 g/mol. The Morgan fingerprint density at radius 3 is 2.78 bits per heavy atom. The van der Waals surface area contributed by atoms with Gasteiger partial charge in [0.15, 0.2) is 5.13 Å². The molecule has 7 nitrogen and oxygen atoms in total. The molecule has 2 aliphatic rings. The Balaban J connectivity index is 1.58. The first kappa shape index (κ1) is 17.2. The number of rotatable bonds is 3. The van der Waals surface area contributed by atoms with Crippen LogP contribution < -0.4 is 4.90 Å². The van der Waals surface area contributed by atoms with E-state index in [0.717, 1.165) is 16.4 Å². The van der Waals surface area contributed by atoms with Crippen molar-refractivity contribution in [2.24, 2.45) is 0 Å². The average Bonchev–Trinajstić information content (AvgIpc) is 3.33. The fourth-order valence-corrected chi connectivity index (χ4v) is 6.53. The zero-order valence-corrected chi connectivity index (χ0v) is 16.5. The van der Waals surface area contributed by atoms with Crippen molar-refractivity contribution in [1.82, 2.24) is 19.5 Å². The summed E-state index contributed by atoms with van der Waals surface area (Å²) in [5.74, 6) is 0. The molecule has 10 heteroatoms. The molecule has 2 unspecified atom stereocenters. The van der Waals surface area contributed by atoms with Crippen LogP contribution in [0.15, 0.2) is 46.9 Å². The molecule has 1 N–H and O–H groups in total. The topological polar surface area (TPSA) is 82.2 Å². The van der Waals surface area contributed by atoms with Crippen molar-refractivity contribution in [3.63, 3.8) is 0 Å². The zero-order chi connectivity index (χ0) is 18.6. The minimum Gasteiger partial charge on any atom is -0.345 e. The number of aromatic nitrogens is 3. The number of hydrogen-bond donors (Lipinski definition) is 1. The smallest absolute Gasteiger partial charge is 0.244 e. The van der Waals surface area contributed by atoms with E-state index in [1.807, 2.05) is 11.6 Å². The predicted molar refractivity (Wildman–Crippen MR) is 104 cm³/mol. The van der Waals surface area contributed by atoms with Crippen LogP contribution >= 0.6 is 22.9 Å². The SMILES string of the molecule is O=S(=O)(c1ccc(Cl)cc1)N1C2Cc3n[nH]cc3C1CN(c1nccs1)C2. The van der Waals surface area contributed by atoms with Gasteiger partial charge in [0.25, 0.3) is 0 Å². The van der Waals surface area contributed by atoms with Gasteiger partial charge in [0.2, 0.25) is 10.0 Å². The normalized spacial score (nSPS) is 22.6. The fourth-order valence-electron chi connectivity index (χ4n) is 3.97. The number of halogens is 1. The number of nitrogens with one attached hydrogen (secondary N) is 1. The van der Waals surface area contributed by atoms with Gasteiger partial charge in [0, 0.05) is 53.9 Å². The molecule has 3 aromatic rings. The van der Waals surface area contributed by atoms with E-state index in [4.69, 9.17) is 11.6 Å². The molecule has 0 radical (unpaired) electrons. The van der Waals surface area contributed by atoms with Gasteiger partial charge in [-0.1, -0.05) is 11.6 Å². The van der Waals surface area contributed by atoms with Crippen LogP contribution in [0.1, 0.15) is 17.3 Å². The minimum atomic E-state index is -3.66. The van der Waals surface area contributed by atoms with Gasteiger partial charge in [-0.2, -0.15) is 9.40 Å². The first-order valence-corrected chi connectivity index (χ1v) is 11.2. The number of sulfonamides is 1. The van der Waals surface area contributed by atoms with Crippen LogP contribution in [-0.2, 0) is 16.4 Å². The van der Waals surface area contributed by atoms with Crippen molar-refractivity contribution >= 4 is 38.1 Å². The molecule has 2 aliphatic heterocycles. The molecule has 1 saturated heterocycles. The van der Waals surface area contributed by atoms with E-state index in [9.17, 15) is 8.42 Å². The molecule has 140 valence electrons. The number of thiazole rings is 1. The molecule has 1 fully saturated rings. The maximum Gasteiger partial charge on any atom is 0.244 e. The van der Waals surface area contributed by atoms with Gasteiger partial charge >= 0.3 is 0 Å². The second-order valence-corrected chi connectivity index (χ2v) is 9.82. The summed E-state index contributed by atoms with van der Waals surface area (Å²) in [4.78, 5) is 6.84. The largest absolute Gasteiger partial charge is 0.345 e. The van der Waals surface area contributed by atoms with E-state index < -0.39 is 10.0 Å². The molecular weight excluding hydrogens is 406 g/mol. The number of anilines is 1. The number of hydrogen-bond acceptors (Lipinski definition) is 6. The lowest BCUT2D eigenvalue weighted by atomic mass is 9.92. The Morgan fingerprint density at radius 1 is 1.22 bits per heavy atom. The van der Waals surface area contributed by atoms with Gasteiger partial charge in [-0.15, -0.1) is 11.3 Å². The van der Waals surface area contributed by atoms with Gasteiger partial charge in [-0.25, -0.2) is 13.4 Å². The van der Waals surface area contributed by atoms with Crippen LogP contribution in [0.3, 0.4) is 0 Å². The number of H-pyrrole nitrogens is 1. The van der Waals surface area contributed by atoms with E-state index in [1.54, 1.807) is 46.1 Å². The highest BCUT2D eigenvalue weighted by Crippen LogP contribution is 2.41. The fraction of sp³-hybridized carbons (Fsp3) is 0.294. The van der Waals surface area contributed by atoms with E-state index in [1.165, 1.54) is 0 Å². The molecule has 2 aromatic heterocycles. The van der Waals surface area contributed by atoms with Crippen LogP contribution in [0.2, 0.25) is 5.02 Å². The van der Waals surface area contributed by atoms with Crippen LogP contribution in [-0.4, -0.2) is 47.0 Å². The highest BCUT2D eigenvalue weighted by atomic mass is 35.5. The number of aromatic amines is 1. The van der Waals surface area contributed by atoms with E-state index >= 15 is 0 Å². The summed E-state index contributed by atoms with van der Waals surface area (Å²) in [7, 11) is -3.66. The highest BCUT2D eigenvalue weighted by Gasteiger charge is 2.48. The Morgan fingerprint density at radius 2 is 2.04 bits per heavy atom. The highest BCUT2D eigenvalue weighted by molar-refractivity contribution is 7.89. The summed E-state index contributed by atoms with van der Waals surface area (Å²) in [6.07, 6.45) is 4.16. The Labute approximate surface area is 165 Å². The number of fused-ring (bicyclic) bond motifs is 4. The van der Waals surface area contributed by atoms with Gasteiger partial charge < -0.3 is 4.90 Å². The molecule has 0 spiro atoms. The van der Waals surface area contributed by atoms with Gasteiger partial charge in [-0.05, 0) is 24.3 Å². The summed E-state index contributed by atoms with van der Waals surface area (Å²) in [5, 5.41) is 10.6. The van der Waals surface area contributed by atoms with Crippen molar-refractivity contribution in [2.75, 3.05) is 18.0 Å².